The molecule has 0 spiro atoms. The van der Waals surface area contributed by atoms with Crippen molar-refractivity contribution in [1.82, 2.24) is 5.32 Å². The average Bonchev–Trinajstić information content (AvgIpc) is 2.60. The highest BCUT2D eigenvalue weighted by Gasteiger charge is 2.20. The van der Waals surface area contributed by atoms with Crippen LogP contribution in [0.2, 0.25) is 0 Å². The molecule has 0 aliphatic carbocycles. The van der Waals surface area contributed by atoms with Crippen LogP contribution in [-0.2, 0) is 4.79 Å². The molecule has 0 bridgehead atoms. The Hall–Kier alpha value is -3.09. The number of methoxy groups -OCH3 is 2. The largest absolute Gasteiger partial charge is 0.497 e. The smallest absolute Gasteiger partial charge is 0.305 e. The maximum Gasteiger partial charge on any atom is 0.305 e. The molecule has 0 unspecified atom stereocenters. The summed E-state index contributed by atoms with van der Waals surface area (Å²) in [6.07, 6.45) is -0.335. The molecule has 7 heteroatoms. The van der Waals surface area contributed by atoms with Crippen molar-refractivity contribution < 1.29 is 28.6 Å². The van der Waals surface area contributed by atoms with Crippen molar-refractivity contribution in [1.29, 1.82) is 0 Å². The lowest BCUT2D eigenvalue weighted by Crippen LogP contribution is -2.30. The number of carbonyl (C=O) groups is 2. The van der Waals surface area contributed by atoms with Gasteiger partial charge in [-0.05, 0) is 29.8 Å². The number of hydrogen-bond acceptors (Lipinski definition) is 4. The third-order valence-electron chi connectivity index (χ3n) is 3.57. The van der Waals surface area contributed by atoms with E-state index in [1.165, 1.54) is 50.6 Å². The molecule has 1 amide bonds. The van der Waals surface area contributed by atoms with Gasteiger partial charge in [-0.15, -0.1) is 0 Å². The molecule has 0 fully saturated rings. The molecule has 2 aromatic rings. The van der Waals surface area contributed by atoms with E-state index in [1.807, 2.05) is 0 Å². The van der Waals surface area contributed by atoms with E-state index in [9.17, 15) is 14.0 Å². The van der Waals surface area contributed by atoms with E-state index in [0.29, 0.717) is 17.1 Å². The van der Waals surface area contributed by atoms with Crippen LogP contribution in [0, 0.1) is 5.82 Å². The van der Waals surface area contributed by atoms with Crippen molar-refractivity contribution in [2.75, 3.05) is 14.2 Å². The van der Waals surface area contributed by atoms with E-state index < -0.39 is 23.7 Å². The molecule has 25 heavy (non-hydrogen) atoms. The summed E-state index contributed by atoms with van der Waals surface area (Å²) in [5.74, 6) is -1.16. The molecule has 0 aliphatic heterocycles. The van der Waals surface area contributed by atoms with Gasteiger partial charge in [0.15, 0.2) is 0 Å². The van der Waals surface area contributed by atoms with Crippen molar-refractivity contribution in [3.8, 4) is 11.5 Å². The lowest BCUT2D eigenvalue weighted by Gasteiger charge is -2.18. The zero-order valence-electron chi connectivity index (χ0n) is 13.8. The summed E-state index contributed by atoms with van der Waals surface area (Å²) in [4.78, 5) is 23.6. The number of carboxylic acid groups (broad SMARTS) is 1. The van der Waals surface area contributed by atoms with Gasteiger partial charge in [0.25, 0.3) is 5.91 Å². The van der Waals surface area contributed by atoms with E-state index in [1.54, 1.807) is 6.07 Å². The fraction of sp³-hybridized carbons (Fsp3) is 0.222. The van der Waals surface area contributed by atoms with Gasteiger partial charge >= 0.3 is 5.97 Å². The van der Waals surface area contributed by atoms with Crippen LogP contribution in [0.3, 0.4) is 0 Å². The number of amides is 1. The molecule has 132 valence electrons. The van der Waals surface area contributed by atoms with Gasteiger partial charge in [0.1, 0.15) is 17.3 Å². The highest BCUT2D eigenvalue weighted by atomic mass is 19.1. The summed E-state index contributed by atoms with van der Waals surface area (Å²) in [5.41, 5.74) is 0.751. The van der Waals surface area contributed by atoms with Crippen molar-refractivity contribution in [3.05, 3.63) is 59.4 Å². The maximum atomic E-state index is 13.1. The average molecular weight is 347 g/mol. The van der Waals surface area contributed by atoms with Gasteiger partial charge in [0.2, 0.25) is 0 Å². The first-order valence-corrected chi connectivity index (χ1v) is 7.44. The van der Waals surface area contributed by atoms with Gasteiger partial charge in [0.05, 0.1) is 26.7 Å². The Balaban J connectivity index is 2.27. The first-order chi connectivity index (χ1) is 11.9. The van der Waals surface area contributed by atoms with E-state index in [-0.39, 0.29) is 12.0 Å². The lowest BCUT2D eigenvalue weighted by atomic mass is 10.0. The second-order valence-corrected chi connectivity index (χ2v) is 5.28. The Labute approximate surface area is 144 Å². The first-order valence-electron chi connectivity index (χ1n) is 7.44. The topological polar surface area (TPSA) is 84.9 Å². The van der Waals surface area contributed by atoms with Gasteiger partial charge < -0.3 is 19.9 Å². The van der Waals surface area contributed by atoms with Crippen LogP contribution >= 0.6 is 0 Å². The van der Waals surface area contributed by atoms with E-state index in [2.05, 4.69) is 5.32 Å². The van der Waals surface area contributed by atoms with Gasteiger partial charge in [0, 0.05) is 11.6 Å². The van der Waals surface area contributed by atoms with Crippen LogP contribution in [0.15, 0.2) is 42.5 Å². The Kier molecular flexibility index (Phi) is 5.94. The second kappa shape index (κ2) is 8.14. The van der Waals surface area contributed by atoms with Gasteiger partial charge in [-0.2, -0.15) is 0 Å². The fourth-order valence-corrected chi connectivity index (χ4v) is 2.30. The van der Waals surface area contributed by atoms with Gasteiger partial charge in [-0.25, -0.2) is 4.39 Å². The molecular weight excluding hydrogens is 329 g/mol. The predicted molar refractivity (Wildman–Crippen MR) is 88.4 cm³/mol. The molecule has 2 rings (SSSR count). The number of carbonyl (C=O) groups excluding carboxylic acids is 1. The van der Waals surface area contributed by atoms with E-state index in [4.69, 9.17) is 14.6 Å². The van der Waals surface area contributed by atoms with Crippen LogP contribution in [0.5, 0.6) is 11.5 Å². The van der Waals surface area contributed by atoms with Crippen molar-refractivity contribution >= 4 is 11.9 Å². The number of ether oxygens (including phenoxy) is 2. The summed E-state index contributed by atoms with van der Waals surface area (Å²) in [6.45, 7) is 0. The molecule has 0 radical (unpaired) electrons. The fourth-order valence-electron chi connectivity index (χ4n) is 2.30. The predicted octanol–water partition coefficient (Wildman–Crippen LogP) is 2.79. The maximum absolute atomic E-state index is 13.1. The summed E-state index contributed by atoms with van der Waals surface area (Å²) in [7, 11) is 2.92. The van der Waals surface area contributed by atoms with Crippen LogP contribution in [0.4, 0.5) is 4.39 Å². The van der Waals surface area contributed by atoms with Crippen LogP contribution in [0.25, 0.3) is 0 Å². The van der Waals surface area contributed by atoms with Crippen LogP contribution < -0.4 is 14.8 Å². The Morgan fingerprint density at radius 3 is 2.12 bits per heavy atom. The van der Waals surface area contributed by atoms with Crippen molar-refractivity contribution in [3.63, 3.8) is 0 Å². The number of benzene rings is 2. The third kappa shape index (κ3) is 4.94. The first kappa shape index (κ1) is 18.3. The third-order valence-corrected chi connectivity index (χ3v) is 3.57. The van der Waals surface area contributed by atoms with Crippen LogP contribution in [-0.4, -0.2) is 31.2 Å². The molecule has 0 aromatic heterocycles. The van der Waals surface area contributed by atoms with Gasteiger partial charge in [-0.1, -0.05) is 12.1 Å². The van der Waals surface area contributed by atoms with Crippen LogP contribution in [0.1, 0.15) is 28.4 Å². The molecule has 2 aromatic carbocycles. The molecule has 2 N–H and O–H groups in total. The van der Waals surface area contributed by atoms with Crippen molar-refractivity contribution in [2.24, 2.45) is 0 Å². The van der Waals surface area contributed by atoms with Gasteiger partial charge in [-0.3, -0.25) is 9.59 Å². The minimum atomic E-state index is -1.09. The SMILES string of the molecule is COc1cc(OC)cc(C(=O)N[C@@H](CC(=O)O)c2ccc(F)cc2)c1. The Morgan fingerprint density at radius 1 is 1.08 bits per heavy atom. The zero-order valence-corrected chi connectivity index (χ0v) is 13.8. The zero-order chi connectivity index (χ0) is 18.4. The number of rotatable bonds is 7. The highest BCUT2D eigenvalue weighted by Crippen LogP contribution is 2.24. The number of carboxylic acids is 1. The lowest BCUT2D eigenvalue weighted by molar-refractivity contribution is -0.137. The summed E-state index contributed by atoms with van der Waals surface area (Å²) in [5, 5.41) is 11.7. The summed E-state index contributed by atoms with van der Waals surface area (Å²) >= 11 is 0. The number of nitrogens with one attached hydrogen (secondary N) is 1. The molecule has 0 saturated heterocycles. The minimum Gasteiger partial charge on any atom is -0.497 e. The Bertz CT molecular complexity index is 738. The second-order valence-electron chi connectivity index (χ2n) is 5.28. The highest BCUT2D eigenvalue weighted by molar-refractivity contribution is 5.95. The monoisotopic (exact) mass is 347 g/mol. The summed E-state index contributed by atoms with van der Waals surface area (Å²) in [6, 6.07) is 9.15. The molecule has 0 saturated carbocycles. The molecule has 1 atom stereocenters. The number of halogens is 1. The quantitative estimate of drug-likeness (QED) is 0.804. The normalized spacial score (nSPS) is 11.5. The van der Waals surface area contributed by atoms with E-state index in [0.717, 1.165) is 0 Å². The number of hydrogen-bond donors (Lipinski definition) is 2. The van der Waals surface area contributed by atoms with E-state index >= 15 is 0 Å². The Morgan fingerprint density at radius 2 is 1.64 bits per heavy atom. The molecular formula is C18H18FNO5. The summed E-state index contributed by atoms with van der Waals surface area (Å²) < 4.78 is 23.3. The molecule has 0 heterocycles. The number of aliphatic carboxylic acids is 1. The molecule has 0 aliphatic rings. The molecule has 6 nitrogen and oxygen atoms in total. The standard InChI is InChI=1S/C18H18FNO5/c1-24-14-7-12(8-15(9-14)25-2)18(23)20-16(10-17(21)22)11-3-5-13(19)6-4-11/h3-9,16H,10H2,1-2H3,(H,20,23)(H,21,22)/t16-/m0/s1. The minimum absolute atomic E-state index is 0.258. The van der Waals surface area contributed by atoms with Crippen molar-refractivity contribution in [2.45, 2.75) is 12.5 Å².